The molecule has 7 atom stereocenters. The second-order valence-corrected chi connectivity index (χ2v) is 10.2. The summed E-state index contributed by atoms with van der Waals surface area (Å²) in [6.07, 6.45) is 8.63. The highest BCUT2D eigenvalue weighted by Crippen LogP contribution is 2.40. The van der Waals surface area contributed by atoms with Crippen LogP contribution in [0, 0.1) is 23.7 Å². The molecule has 0 aromatic heterocycles. The molecule has 3 fully saturated rings. The van der Waals surface area contributed by atoms with Crippen molar-refractivity contribution in [3.05, 3.63) is 0 Å². The first-order valence-electron chi connectivity index (χ1n) is 12.6. The zero-order chi connectivity index (χ0) is 21.5. The Hall–Kier alpha value is -0.260. The number of hydrogen-bond donors (Lipinski definition) is 0. The van der Waals surface area contributed by atoms with E-state index >= 15 is 0 Å². The molecular weight excluding hydrogens is 386 g/mol. The molecule has 0 bridgehead atoms. The highest BCUT2D eigenvalue weighted by atomic mass is 19.2. The fourth-order valence-electron chi connectivity index (χ4n) is 6.09. The van der Waals surface area contributed by atoms with Gasteiger partial charge in [-0.3, -0.25) is 0 Å². The van der Waals surface area contributed by atoms with Gasteiger partial charge in [-0.1, -0.05) is 52.4 Å². The van der Waals surface area contributed by atoms with Gasteiger partial charge in [-0.05, 0) is 62.2 Å². The molecule has 176 valence electrons. The van der Waals surface area contributed by atoms with Gasteiger partial charge in [-0.15, -0.1) is 0 Å². The Morgan fingerprint density at radius 1 is 0.967 bits per heavy atom. The Balaban J connectivity index is 1.37. The van der Waals surface area contributed by atoms with E-state index in [1.165, 1.54) is 44.9 Å². The van der Waals surface area contributed by atoms with Crippen molar-refractivity contribution in [2.45, 2.75) is 122 Å². The van der Waals surface area contributed by atoms with Crippen molar-refractivity contribution in [3.63, 3.8) is 0 Å². The molecule has 0 aromatic carbocycles. The van der Waals surface area contributed by atoms with Crippen molar-refractivity contribution in [1.29, 1.82) is 0 Å². The zero-order valence-corrected chi connectivity index (χ0v) is 19.4. The molecule has 7 unspecified atom stereocenters. The van der Waals surface area contributed by atoms with E-state index < -0.39 is 30.8 Å². The van der Waals surface area contributed by atoms with Crippen molar-refractivity contribution in [1.82, 2.24) is 0 Å². The van der Waals surface area contributed by atoms with Crippen molar-refractivity contribution in [2.24, 2.45) is 23.7 Å². The maximum atomic E-state index is 14.6. The molecular formula is C25H44F2O3. The van der Waals surface area contributed by atoms with E-state index in [0.717, 1.165) is 43.4 Å². The van der Waals surface area contributed by atoms with Crippen LogP contribution in [-0.2, 0) is 14.2 Å². The first-order valence-corrected chi connectivity index (χ1v) is 12.6. The largest absolute Gasteiger partial charge is 0.375 e. The Bertz CT molecular complexity index is 481. The Morgan fingerprint density at radius 2 is 1.73 bits per heavy atom. The summed E-state index contributed by atoms with van der Waals surface area (Å²) >= 11 is 0. The van der Waals surface area contributed by atoms with Crippen LogP contribution in [0.15, 0.2) is 0 Å². The lowest BCUT2D eigenvalue weighted by atomic mass is 9.73. The summed E-state index contributed by atoms with van der Waals surface area (Å²) in [5, 5.41) is 0. The van der Waals surface area contributed by atoms with Gasteiger partial charge < -0.3 is 14.2 Å². The van der Waals surface area contributed by atoms with Crippen molar-refractivity contribution < 1.29 is 23.0 Å². The molecule has 3 nitrogen and oxygen atoms in total. The van der Waals surface area contributed by atoms with Crippen molar-refractivity contribution in [2.75, 3.05) is 13.7 Å². The van der Waals surface area contributed by atoms with Crippen LogP contribution in [0.3, 0.4) is 0 Å². The Labute approximate surface area is 182 Å². The summed E-state index contributed by atoms with van der Waals surface area (Å²) < 4.78 is 46.0. The Morgan fingerprint density at radius 3 is 2.43 bits per heavy atom. The second-order valence-electron chi connectivity index (χ2n) is 10.2. The average molecular weight is 431 g/mol. The first-order chi connectivity index (χ1) is 14.5. The normalized spacial score (nSPS) is 40.7. The molecule has 3 aliphatic rings. The highest BCUT2D eigenvalue weighted by molar-refractivity contribution is 4.96. The molecule has 0 radical (unpaired) electrons. The molecule has 0 spiro atoms. The van der Waals surface area contributed by atoms with Crippen LogP contribution in [-0.4, -0.2) is 44.6 Å². The molecule has 1 saturated heterocycles. The average Bonchev–Trinajstić information content (AvgIpc) is 2.76. The van der Waals surface area contributed by atoms with Crippen LogP contribution in [0.2, 0.25) is 0 Å². The number of hydrogen-bond acceptors (Lipinski definition) is 3. The number of alkyl halides is 2. The summed E-state index contributed by atoms with van der Waals surface area (Å²) in [6.45, 7) is 5.21. The van der Waals surface area contributed by atoms with E-state index in [9.17, 15) is 8.78 Å². The van der Waals surface area contributed by atoms with Gasteiger partial charge in [0.2, 0.25) is 0 Å². The molecule has 0 aromatic rings. The minimum Gasteiger partial charge on any atom is -0.375 e. The molecule has 3 rings (SSSR count). The summed E-state index contributed by atoms with van der Waals surface area (Å²) in [5.41, 5.74) is 0. The van der Waals surface area contributed by atoms with Gasteiger partial charge in [0.25, 0.3) is 0 Å². The van der Waals surface area contributed by atoms with E-state index in [1.54, 1.807) is 7.11 Å². The van der Waals surface area contributed by atoms with E-state index in [0.29, 0.717) is 13.0 Å². The minimum atomic E-state index is -1.62. The number of rotatable bonds is 10. The van der Waals surface area contributed by atoms with Crippen LogP contribution in [0.1, 0.15) is 90.9 Å². The highest BCUT2D eigenvalue weighted by Gasteiger charge is 2.49. The SMILES string of the molecule is CCCC(CCCCOC1CC2CCC(OC)OC2C(F)C1F)C1CCC(C)CC1. The van der Waals surface area contributed by atoms with Gasteiger partial charge in [-0.2, -0.15) is 0 Å². The van der Waals surface area contributed by atoms with Crippen molar-refractivity contribution in [3.8, 4) is 0 Å². The summed E-state index contributed by atoms with van der Waals surface area (Å²) in [6, 6.07) is 0. The maximum absolute atomic E-state index is 14.6. The molecule has 1 heterocycles. The summed E-state index contributed by atoms with van der Waals surface area (Å²) in [4.78, 5) is 0. The van der Waals surface area contributed by atoms with Gasteiger partial charge in [0, 0.05) is 13.7 Å². The number of unbranched alkanes of at least 4 members (excludes halogenated alkanes) is 1. The van der Waals surface area contributed by atoms with Crippen molar-refractivity contribution >= 4 is 0 Å². The number of methoxy groups -OCH3 is 1. The summed E-state index contributed by atoms with van der Waals surface area (Å²) in [5.74, 6) is 2.65. The van der Waals surface area contributed by atoms with E-state index in [1.807, 2.05) is 0 Å². The standard InChI is InChI=1S/C25H44F2O3/c1-4-7-18(19-11-9-17(2)10-12-19)8-5-6-15-29-21-16-20-13-14-22(28-3)30-25(20)24(27)23(21)26/h17-25H,4-16H2,1-3H3. The fourth-order valence-corrected chi connectivity index (χ4v) is 6.09. The lowest BCUT2D eigenvalue weighted by Gasteiger charge is -2.44. The molecule has 2 saturated carbocycles. The topological polar surface area (TPSA) is 27.7 Å². The number of halogens is 2. The van der Waals surface area contributed by atoms with Crippen LogP contribution in [0.25, 0.3) is 0 Å². The number of fused-ring (bicyclic) bond motifs is 1. The maximum Gasteiger partial charge on any atom is 0.160 e. The predicted octanol–water partition coefficient (Wildman–Crippen LogP) is 6.63. The van der Waals surface area contributed by atoms with Crippen LogP contribution < -0.4 is 0 Å². The quantitative estimate of drug-likeness (QED) is 0.364. The molecule has 5 heteroatoms. The third kappa shape index (κ3) is 6.38. The van der Waals surface area contributed by atoms with Gasteiger partial charge in [0.1, 0.15) is 0 Å². The predicted molar refractivity (Wildman–Crippen MR) is 116 cm³/mol. The van der Waals surface area contributed by atoms with E-state index in [-0.39, 0.29) is 5.92 Å². The third-order valence-corrected chi connectivity index (χ3v) is 8.01. The van der Waals surface area contributed by atoms with Crippen LogP contribution >= 0.6 is 0 Å². The molecule has 1 aliphatic heterocycles. The van der Waals surface area contributed by atoms with E-state index in [2.05, 4.69) is 13.8 Å². The molecule has 30 heavy (non-hydrogen) atoms. The fraction of sp³-hybridized carbons (Fsp3) is 1.00. The molecule has 0 N–H and O–H groups in total. The smallest absolute Gasteiger partial charge is 0.160 e. The third-order valence-electron chi connectivity index (χ3n) is 8.01. The van der Waals surface area contributed by atoms with Gasteiger partial charge in [0.15, 0.2) is 18.6 Å². The number of ether oxygens (including phenoxy) is 3. The lowest BCUT2D eigenvalue weighted by molar-refractivity contribution is -0.242. The minimum absolute atomic E-state index is 0.0334. The van der Waals surface area contributed by atoms with Gasteiger partial charge in [-0.25, -0.2) is 8.78 Å². The van der Waals surface area contributed by atoms with Crippen LogP contribution in [0.4, 0.5) is 8.78 Å². The monoisotopic (exact) mass is 430 g/mol. The van der Waals surface area contributed by atoms with Gasteiger partial charge >= 0.3 is 0 Å². The second kappa shape index (κ2) is 12.1. The molecule has 2 aliphatic carbocycles. The van der Waals surface area contributed by atoms with Crippen LogP contribution in [0.5, 0.6) is 0 Å². The first kappa shape index (κ1) is 24.4. The lowest BCUT2D eigenvalue weighted by Crippen LogP contribution is -2.54. The zero-order valence-electron chi connectivity index (χ0n) is 19.4. The van der Waals surface area contributed by atoms with Gasteiger partial charge in [0.05, 0.1) is 12.2 Å². The summed E-state index contributed by atoms with van der Waals surface area (Å²) in [7, 11) is 1.56. The Kier molecular flexibility index (Phi) is 9.84. The van der Waals surface area contributed by atoms with E-state index in [4.69, 9.17) is 14.2 Å². The molecule has 0 amide bonds.